The SMILES string of the molecule is Cn1nc(-c2ccc(C(=O)NC3CCCCC3)cc2)c2c(F)cccc21. The number of carbonyl (C=O) groups is 1. The lowest BCUT2D eigenvalue weighted by atomic mass is 9.95. The summed E-state index contributed by atoms with van der Waals surface area (Å²) in [7, 11) is 1.80. The predicted octanol–water partition coefficient (Wildman–Crippen LogP) is 4.44. The first-order valence-electron chi connectivity index (χ1n) is 9.16. The molecule has 0 radical (unpaired) electrons. The molecule has 0 unspecified atom stereocenters. The summed E-state index contributed by atoms with van der Waals surface area (Å²) in [5, 5.41) is 8.09. The van der Waals surface area contributed by atoms with Crippen molar-refractivity contribution in [2.75, 3.05) is 0 Å². The summed E-state index contributed by atoms with van der Waals surface area (Å²) in [4.78, 5) is 12.4. The summed E-state index contributed by atoms with van der Waals surface area (Å²) >= 11 is 0. The van der Waals surface area contributed by atoms with Gasteiger partial charge < -0.3 is 5.32 Å². The van der Waals surface area contributed by atoms with Crippen LogP contribution in [-0.2, 0) is 7.05 Å². The Bertz CT molecular complexity index is 940. The number of amides is 1. The van der Waals surface area contributed by atoms with Gasteiger partial charge in [0.2, 0.25) is 0 Å². The molecule has 4 rings (SSSR count). The smallest absolute Gasteiger partial charge is 0.251 e. The lowest BCUT2D eigenvalue weighted by molar-refractivity contribution is 0.0927. The Balaban J connectivity index is 1.59. The molecular formula is C21H22FN3O. The van der Waals surface area contributed by atoms with Gasteiger partial charge in [0.05, 0.1) is 10.9 Å². The first kappa shape index (κ1) is 16.8. The minimum absolute atomic E-state index is 0.0412. The molecule has 1 amide bonds. The highest BCUT2D eigenvalue weighted by molar-refractivity contribution is 5.97. The summed E-state index contributed by atoms with van der Waals surface area (Å²) in [6, 6.07) is 12.5. The molecule has 2 aromatic carbocycles. The van der Waals surface area contributed by atoms with Crippen molar-refractivity contribution in [3.05, 3.63) is 53.8 Å². The van der Waals surface area contributed by atoms with E-state index in [-0.39, 0.29) is 17.8 Å². The minimum Gasteiger partial charge on any atom is -0.349 e. The Labute approximate surface area is 152 Å². The lowest BCUT2D eigenvalue weighted by Crippen LogP contribution is -2.36. The first-order chi connectivity index (χ1) is 12.6. The molecule has 0 bridgehead atoms. The Morgan fingerprint density at radius 1 is 1.12 bits per heavy atom. The van der Waals surface area contributed by atoms with Crippen LogP contribution in [0.2, 0.25) is 0 Å². The normalized spacial score (nSPS) is 15.3. The second-order valence-electron chi connectivity index (χ2n) is 6.99. The highest BCUT2D eigenvalue weighted by Crippen LogP contribution is 2.29. The Morgan fingerprint density at radius 2 is 1.85 bits per heavy atom. The number of halogens is 1. The number of nitrogens with zero attached hydrogens (tertiary/aromatic N) is 2. The van der Waals surface area contributed by atoms with E-state index in [1.807, 2.05) is 18.2 Å². The van der Waals surface area contributed by atoms with Gasteiger partial charge in [0.1, 0.15) is 11.5 Å². The molecule has 0 spiro atoms. The molecule has 0 saturated heterocycles. The molecule has 1 N–H and O–H groups in total. The summed E-state index contributed by atoms with van der Waals surface area (Å²) in [5.74, 6) is -0.328. The monoisotopic (exact) mass is 351 g/mol. The number of aryl methyl sites for hydroxylation is 1. The summed E-state index contributed by atoms with van der Waals surface area (Å²) in [6.07, 6.45) is 5.74. The maximum Gasteiger partial charge on any atom is 0.251 e. The van der Waals surface area contributed by atoms with Crippen molar-refractivity contribution < 1.29 is 9.18 Å². The molecule has 1 aliphatic rings. The zero-order valence-corrected chi connectivity index (χ0v) is 14.8. The van der Waals surface area contributed by atoms with Crippen molar-refractivity contribution in [1.29, 1.82) is 0 Å². The van der Waals surface area contributed by atoms with Gasteiger partial charge in [0.25, 0.3) is 5.91 Å². The maximum atomic E-state index is 14.3. The van der Waals surface area contributed by atoms with Crippen molar-refractivity contribution in [3.63, 3.8) is 0 Å². The van der Waals surface area contributed by atoms with Crippen LogP contribution in [0.15, 0.2) is 42.5 Å². The van der Waals surface area contributed by atoms with Crippen LogP contribution >= 0.6 is 0 Å². The van der Waals surface area contributed by atoms with Crippen molar-refractivity contribution in [3.8, 4) is 11.3 Å². The van der Waals surface area contributed by atoms with Crippen LogP contribution in [0.5, 0.6) is 0 Å². The molecule has 1 aliphatic carbocycles. The second-order valence-corrected chi connectivity index (χ2v) is 6.99. The van der Waals surface area contributed by atoms with E-state index in [0.717, 1.165) is 23.9 Å². The average Bonchev–Trinajstić information content (AvgIpc) is 3.01. The van der Waals surface area contributed by atoms with Gasteiger partial charge in [-0.2, -0.15) is 5.10 Å². The predicted molar refractivity (Wildman–Crippen MR) is 100 cm³/mol. The van der Waals surface area contributed by atoms with Crippen LogP contribution in [0.3, 0.4) is 0 Å². The third-order valence-corrected chi connectivity index (χ3v) is 5.19. The van der Waals surface area contributed by atoms with Gasteiger partial charge in [0, 0.05) is 24.2 Å². The number of aromatic nitrogens is 2. The number of hydrogen-bond donors (Lipinski definition) is 1. The molecule has 1 heterocycles. The topological polar surface area (TPSA) is 46.9 Å². The van der Waals surface area contributed by atoms with E-state index in [1.54, 1.807) is 29.9 Å². The van der Waals surface area contributed by atoms with Gasteiger partial charge in [0.15, 0.2) is 0 Å². The summed E-state index contributed by atoms with van der Waals surface area (Å²) < 4.78 is 16.0. The third kappa shape index (κ3) is 3.09. The molecule has 3 aromatic rings. The number of fused-ring (bicyclic) bond motifs is 1. The van der Waals surface area contributed by atoms with Crippen molar-refractivity contribution >= 4 is 16.8 Å². The molecule has 134 valence electrons. The van der Waals surface area contributed by atoms with Crippen LogP contribution in [-0.4, -0.2) is 21.7 Å². The fourth-order valence-corrected chi connectivity index (χ4v) is 3.77. The highest BCUT2D eigenvalue weighted by Gasteiger charge is 2.18. The standard InChI is InChI=1S/C21H22FN3O/c1-25-18-9-5-8-17(22)19(18)20(24-25)14-10-12-15(13-11-14)21(26)23-16-6-3-2-4-7-16/h5,8-13,16H,2-4,6-7H2,1H3,(H,23,26). The zero-order valence-electron chi connectivity index (χ0n) is 14.8. The van der Waals surface area contributed by atoms with Gasteiger partial charge in [-0.15, -0.1) is 0 Å². The molecule has 1 aromatic heterocycles. The Morgan fingerprint density at radius 3 is 2.58 bits per heavy atom. The van der Waals surface area contributed by atoms with E-state index in [2.05, 4.69) is 10.4 Å². The van der Waals surface area contributed by atoms with Crippen molar-refractivity contribution in [2.45, 2.75) is 38.1 Å². The van der Waals surface area contributed by atoms with Gasteiger partial charge in [-0.25, -0.2) is 4.39 Å². The fourth-order valence-electron chi connectivity index (χ4n) is 3.77. The third-order valence-electron chi connectivity index (χ3n) is 5.19. The highest BCUT2D eigenvalue weighted by atomic mass is 19.1. The van der Waals surface area contributed by atoms with E-state index in [0.29, 0.717) is 16.6 Å². The zero-order chi connectivity index (χ0) is 18.1. The van der Waals surface area contributed by atoms with E-state index in [1.165, 1.54) is 25.3 Å². The number of carbonyl (C=O) groups excluding carboxylic acids is 1. The van der Waals surface area contributed by atoms with Gasteiger partial charge in [-0.05, 0) is 37.1 Å². The molecular weight excluding hydrogens is 329 g/mol. The average molecular weight is 351 g/mol. The molecule has 5 heteroatoms. The maximum absolute atomic E-state index is 14.3. The number of benzene rings is 2. The van der Waals surface area contributed by atoms with Crippen LogP contribution in [0.25, 0.3) is 22.2 Å². The Kier molecular flexibility index (Phi) is 4.45. The van der Waals surface area contributed by atoms with Crippen LogP contribution in [0.4, 0.5) is 4.39 Å². The van der Waals surface area contributed by atoms with Crippen LogP contribution < -0.4 is 5.32 Å². The van der Waals surface area contributed by atoms with Crippen molar-refractivity contribution in [1.82, 2.24) is 15.1 Å². The molecule has 1 saturated carbocycles. The molecule has 4 nitrogen and oxygen atoms in total. The summed E-state index contributed by atoms with van der Waals surface area (Å²) in [6.45, 7) is 0. The second kappa shape index (κ2) is 6.90. The van der Waals surface area contributed by atoms with Crippen molar-refractivity contribution in [2.24, 2.45) is 7.05 Å². The van der Waals surface area contributed by atoms with E-state index in [4.69, 9.17) is 0 Å². The molecule has 0 aliphatic heterocycles. The number of hydrogen-bond acceptors (Lipinski definition) is 2. The van der Waals surface area contributed by atoms with Gasteiger partial charge in [-0.1, -0.05) is 37.5 Å². The lowest BCUT2D eigenvalue weighted by Gasteiger charge is -2.22. The minimum atomic E-state index is -0.287. The quantitative estimate of drug-likeness (QED) is 0.758. The Hall–Kier alpha value is -2.69. The molecule has 26 heavy (non-hydrogen) atoms. The van der Waals surface area contributed by atoms with E-state index >= 15 is 0 Å². The largest absolute Gasteiger partial charge is 0.349 e. The summed E-state index contributed by atoms with van der Waals surface area (Å²) in [5.41, 5.74) is 2.77. The van der Waals surface area contributed by atoms with Crippen LogP contribution in [0, 0.1) is 5.82 Å². The molecule has 1 fully saturated rings. The van der Waals surface area contributed by atoms with Gasteiger partial charge >= 0.3 is 0 Å². The van der Waals surface area contributed by atoms with Crippen LogP contribution in [0.1, 0.15) is 42.5 Å². The molecule has 0 atom stereocenters. The first-order valence-corrected chi connectivity index (χ1v) is 9.16. The number of nitrogens with one attached hydrogen (secondary N) is 1. The number of rotatable bonds is 3. The van der Waals surface area contributed by atoms with Gasteiger partial charge in [-0.3, -0.25) is 9.48 Å². The van der Waals surface area contributed by atoms with E-state index < -0.39 is 0 Å². The van der Waals surface area contributed by atoms with E-state index in [9.17, 15) is 9.18 Å². The fraction of sp³-hybridized carbons (Fsp3) is 0.333.